The summed E-state index contributed by atoms with van der Waals surface area (Å²) in [5, 5.41) is 9.57. The molecule has 0 aliphatic heterocycles. The van der Waals surface area contributed by atoms with Gasteiger partial charge in [0.1, 0.15) is 6.61 Å². The zero-order chi connectivity index (χ0) is 37.8. The van der Waals surface area contributed by atoms with Crippen LogP contribution >= 0.6 is 0 Å². The van der Waals surface area contributed by atoms with E-state index in [-0.39, 0.29) is 42.7 Å². The Balaban J connectivity index is 4.48. The van der Waals surface area contributed by atoms with Crippen molar-refractivity contribution in [2.75, 3.05) is 41.0 Å². The van der Waals surface area contributed by atoms with E-state index in [9.17, 15) is 19.5 Å². The summed E-state index contributed by atoms with van der Waals surface area (Å²) in [5.41, 5.74) is 0. The monoisotopic (exact) mass is 715 g/mol. The van der Waals surface area contributed by atoms with Crippen molar-refractivity contribution in [3.8, 4) is 0 Å². The molecule has 0 bridgehead atoms. The lowest BCUT2D eigenvalue weighted by molar-refractivity contribution is -0.887. The fourth-order valence-electron chi connectivity index (χ4n) is 5.11. The zero-order valence-electron chi connectivity index (χ0n) is 32.8. The maximum atomic E-state index is 12.6. The number of rotatable bonds is 33. The summed E-state index contributed by atoms with van der Waals surface area (Å²) in [4.78, 5) is 36.7. The molecule has 51 heavy (non-hydrogen) atoms. The molecule has 0 aromatic rings. The van der Waals surface area contributed by atoms with Crippen LogP contribution in [0.4, 0.5) is 0 Å². The molecule has 0 radical (unpaired) electrons. The van der Waals surface area contributed by atoms with E-state index in [0.29, 0.717) is 19.3 Å². The quantitative estimate of drug-likeness (QED) is 0.0313. The molecular weight excluding hydrogens is 642 g/mol. The molecule has 8 nitrogen and oxygen atoms in total. The number of nitrogens with zero attached hydrogens (tertiary/aromatic N) is 1. The molecule has 0 fully saturated rings. The molecule has 0 rings (SSSR count). The van der Waals surface area contributed by atoms with Gasteiger partial charge in [-0.05, 0) is 51.4 Å². The van der Waals surface area contributed by atoms with Crippen molar-refractivity contribution in [3.63, 3.8) is 0 Å². The smallest absolute Gasteiger partial charge is 0.362 e. The van der Waals surface area contributed by atoms with Gasteiger partial charge in [-0.2, -0.15) is 0 Å². The second-order valence-corrected chi connectivity index (χ2v) is 13.8. The molecule has 0 aromatic carbocycles. The maximum Gasteiger partial charge on any atom is 0.362 e. The largest absolute Gasteiger partial charge is 0.477 e. The van der Waals surface area contributed by atoms with Crippen LogP contribution in [-0.2, 0) is 28.6 Å². The number of unbranched alkanes of at least 4 members (excludes halogenated alkanes) is 7. The van der Waals surface area contributed by atoms with E-state index >= 15 is 0 Å². The highest BCUT2D eigenvalue weighted by atomic mass is 16.6. The van der Waals surface area contributed by atoms with Crippen molar-refractivity contribution >= 4 is 17.9 Å². The molecule has 0 aliphatic rings. The summed E-state index contributed by atoms with van der Waals surface area (Å²) in [6, 6.07) is -0.625. The van der Waals surface area contributed by atoms with Crippen molar-refractivity contribution in [1.82, 2.24) is 0 Å². The lowest BCUT2D eigenvalue weighted by Crippen LogP contribution is -2.50. The first-order valence-corrected chi connectivity index (χ1v) is 19.5. The Morgan fingerprint density at radius 1 is 0.608 bits per heavy atom. The Kier molecular flexibility index (Phi) is 31.7. The van der Waals surface area contributed by atoms with Gasteiger partial charge in [0.05, 0.1) is 34.4 Å². The summed E-state index contributed by atoms with van der Waals surface area (Å²) in [7, 11) is 5.48. The van der Waals surface area contributed by atoms with Gasteiger partial charge in [-0.15, -0.1) is 0 Å². The number of hydrogen-bond acceptors (Lipinski definition) is 6. The Labute approximate surface area is 311 Å². The lowest BCUT2D eigenvalue weighted by Gasteiger charge is -2.31. The molecule has 0 spiro atoms. The number of aliphatic carboxylic acids is 1. The van der Waals surface area contributed by atoms with Crippen molar-refractivity contribution in [1.29, 1.82) is 0 Å². The number of ether oxygens (including phenoxy) is 3. The first-order chi connectivity index (χ1) is 24.6. The van der Waals surface area contributed by atoms with E-state index in [0.717, 1.165) is 57.8 Å². The summed E-state index contributed by atoms with van der Waals surface area (Å²) in [5.74, 6) is -1.59. The van der Waals surface area contributed by atoms with Crippen LogP contribution < -0.4 is 0 Å². The van der Waals surface area contributed by atoms with Crippen LogP contribution in [0.25, 0.3) is 0 Å². The van der Waals surface area contributed by atoms with Crippen LogP contribution in [0, 0.1) is 0 Å². The number of esters is 2. The number of quaternary nitrogens is 1. The van der Waals surface area contributed by atoms with Crippen LogP contribution in [0.1, 0.15) is 129 Å². The standard InChI is InChI=1S/C43H71NO7/c1-6-8-10-12-14-16-17-18-19-20-21-22-23-24-25-26-28-29-31-33-41(45)50-38-39(37-49-36-35-40(43(47)48)44(3,4)5)51-42(46)34-32-30-27-15-13-11-9-7-2/h8,10,14,16,18-19,21-22,24-25,28-29,39-40H,6-7,9,11-13,15,17,20,23,26-27,30-38H2,1-5H3/p+1/b10-8+,16-14+,19-18+,22-21+,25-24+,29-28+. The minimum absolute atomic E-state index is 0.0348. The van der Waals surface area contributed by atoms with Crippen LogP contribution in [0.2, 0.25) is 0 Å². The fraction of sp³-hybridized carbons (Fsp3) is 0.651. The van der Waals surface area contributed by atoms with E-state index in [4.69, 9.17) is 14.2 Å². The number of carbonyl (C=O) groups is 3. The van der Waals surface area contributed by atoms with Crippen LogP contribution in [0.3, 0.4) is 0 Å². The molecule has 290 valence electrons. The second-order valence-electron chi connectivity index (χ2n) is 13.8. The van der Waals surface area contributed by atoms with E-state index in [2.05, 4.69) is 74.6 Å². The van der Waals surface area contributed by atoms with Gasteiger partial charge >= 0.3 is 17.9 Å². The Hall–Kier alpha value is -3.23. The molecule has 0 saturated heterocycles. The highest BCUT2D eigenvalue weighted by molar-refractivity contribution is 5.72. The molecule has 0 aromatic heterocycles. The molecule has 2 unspecified atom stereocenters. The fourth-order valence-corrected chi connectivity index (χ4v) is 5.11. The Morgan fingerprint density at radius 3 is 1.59 bits per heavy atom. The number of carboxylic acids is 1. The number of carbonyl (C=O) groups excluding carboxylic acids is 2. The van der Waals surface area contributed by atoms with Crippen LogP contribution in [-0.4, -0.2) is 80.6 Å². The van der Waals surface area contributed by atoms with Gasteiger partial charge in [-0.3, -0.25) is 9.59 Å². The number of allylic oxidation sites excluding steroid dienone is 12. The first kappa shape index (κ1) is 47.8. The molecule has 2 atom stereocenters. The average molecular weight is 715 g/mol. The van der Waals surface area contributed by atoms with E-state index < -0.39 is 18.1 Å². The second kappa shape index (κ2) is 33.9. The zero-order valence-corrected chi connectivity index (χ0v) is 32.8. The van der Waals surface area contributed by atoms with Gasteiger partial charge < -0.3 is 23.8 Å². The predicted octanol–water partition coefficient (Wildman–Crippen LogP) is 10.0. The van der Waals surface area contributed by atoms with Crippen molar-refractivity contribution in [2.45, 2.75) is 142 Å². The van der Waals surface area contributed by atoms with Gasteiger partial charge in [-0.25, -0.2) is 4.79 Å². The first-order valence-electron chi connectivity index (χ1n) is 19.5. The minimum Gasteiger partial charge on any atom is -0.477 e. The summed E-state index contributed by atoms with van der Waals surface area (Å²) >= 11 is 0. The summed E-state index contributed by atoms with van der Waals surface area (Å²) < 4.78 is 17.1. The molecular formula is C43H72NO7+. The van der Waals surface area contributed by atoms with Crippen LogP contribution in [0.5, 0.6) is 0 Å². The van der Waals surface area contributed by atoms with Gasteiger partial charge in [0.2, 0.25) is 0 Å². The normalized spacial score (nSPS) is 13.8. The summed E-state index contributed by atoms with van der Waals surface area (Å²) in [6.45, 7) is 4.48. The van der Waals surface area contributed by atoms with Gasteiger partial charge in [0.15, 0.2) is 12.1 Å². The Bertz CT molecular complexity index is 1060. The third kappa shape index (κ3) is 32.4. The Morgan fingerprint density at radius 2 is 1.10 bits per heavy atom. The molecule has 0 saturated carbocycles. The molecule has 1 N–H and O–H groups in total. The average Bonchev–Trinajstić information content (AvgIpc) is 3.08. The minimum atomic E-state index is -0.889. The summed E-state index contributed by atoms with van der Waals surface area (Å²) in [6.07, 6.45) is 41.1. The van der Waals surface area contributed by atoms with E-state index in [1.54, 1.807) is 0 Å². The highest BCUT2D eigenvalue weighted by Crippen LogP contribution is 2.12. The molecule has 0 amide bonds. The topological polar surface area (TPSA) is 99.1 Å². The third-order valence-electron chi connectivity index (χ3n) is 8.13. The van der Waals surface area contributed by atoms with Gasteiger partial charge in [0, 0.05) is 19.3 Å². The van der Waals surface area contributed by atoms with E-state index in [1.165, 1.54) is 32.1 Å². The number of hydrogen-bond donors (Lipinski definition) is 1. The van der Waals surface area contributed by atoms with Crippen molar-refractivity contribution < 1.29 is 38.2 Å². The molecule has 8 heteroatoms. The molecule has 0 heterocycles. The van der Waals surface area contributed by atoms with Crippen molar-refractivity contribution in [2.24, 2.45) is 0 Å². The lowest BCUT2D eigenvalue weighted by atomic mass is 10.1. The predicted molar refractivity (Wildman–Crippen MR) is 210 cm³/mol. The van der Waals surface area contributed by atoms with E-state index in [1.807, 2.05) is 33.3 Å². The highest BCUT2D eigenvalue weighted by Gasteiger charge is 2.31. The maximum absolute atomic E-state index is 12.6. The van der Waals surface area contributed by atoms with Crippen molar-refractivity contribution in [3.05, 3.63) is 72.9 Å². The van der Waals surface area contributed by atoms with Gasteiger partial charge in [0.25, 0.3) is 0 Å². The SMILES string of the molecule is CC/C=C/C/C=C/C/C=C/C/C=C/C/C=C/C/C=C/CCC(=O)OCC(COCCC(C(=O)O)[N+](C)(C)C)OC(=O)CCCCCCCCCC. The number of likely N-dealkylation sites (N-methyl/N-ethyl adjacent to an activating group) is 1. The molecule has 0 aliphatic carbocycles. The van der Waals surface area contributed by atoms with Gasteiger partial charge in [-0.1, -0.05) is 132 Å². The third-order valence-corrected chi connectivity index (χ3v) is 8.13. The van der Waals surface area contributed by atoms with Crippen LogP contribution in [0.15, 0.2) is 72.9 Å². The number of carboxylic acid groups (broad SMARTS) is 1.